The average molecular weight is 313 g/mol. The first-order valence-corrected chi connectivity index (χ1v) is 7.39. The Hall–Kier alpha value is -2.47. The summed E-state index contributed by atoms with van der Waals surface area (Å²) in [6.45, 7) is 3.99. The van der Waals surface area contributed by atoms with Gasteiger partial charge in [-0.25, -0.2) is 19.2 Å². The number of halogens is 1. The van der Waals surface area contributed by atoms with Crippen molar-refractivity contribution in [2.45, 2.75) is 20.3 Å². The smallest absolute Gasteiger partial charge is 0.170 e. The van der Waals surface area contributed by atoms with Crippen LogP contribution in [-0.2, 0) is 6.42 Å². The highest BCUT2D eigenvalue weighted by Gasteiger charge is 2.13. The number of fused-ring (bicyclic) bond motifs is 3. The Morgan fingerprint density at radius 3 is 2.86 bits per heavy atom. The van der Waals surface area contributed by atoms with E-state index >= 15 is 0 Å². The largest absolute Gasteiger partial charge is 0.216 e. The van der Waals surface area contributed by atoms with Crippen LogP contribution in [0.15, 0.2) is 30.7 Å². The SMILES string of the molecule is CCc1nc2c3cnn(-c4ccc(C)c(Cl)c4)c3ncn2n1. The van der Waals surface area contributed by atoms with Crippen molar-refractivity contribution < 1.29 is 0 Å². The predicted octanol–water partition coefficient (Wildman–Crippen LogP) is 2.99. The maximum Gasteiger partial charge on any atom is 0.170 e. The molecule has 0 saturated carbocycles. The summed E-state index contributed by atoms with van der Waals surface area (Å²) in [5.74, 6) is 0.792. The summed E-state index contributed by atoms with van der Waals surface area (Å²) in [7, 11) is 0. The van der Waals surface area contributed by atoms with Crippen molar-refractivity contribution in [3.8, 4) is 5.69 Å². The summed E-state index contributed by atoms with van der Waals surface area (Å²) in [5, 5.41) is 10.4. The minimum Gasteiger partial charge on any atom is -0.216 e. The zero-order valence-electron chi connectivity index (χ0n) is 12.2. The molecule has 4 aromatic rings. The molecule has 3 aromatic heterocycles. The maximum absolute atomic E-state index is 6.21. The lowest BCUT2D eigenvalue weighted by Gasteiger charge is -2.05. The molecule has 22 heavy (non-hydrogen) atoms. The summed E-state index contributed by atoms with van der Waals surface area (Å²) in [4.78, 5) is 8.99. The van der Waals surface area contributed by atoms with E-state index in [-0.39, 0.29) is 0 Å². The van der Waals surface area contributed by atoms with Gasteiger partial charge in [-0.1, -0.05) is 24.6 Å². The van der Waals surface area contributed by atoms with E-state index in [1.165, 1.54) is 0 Å². The first kappa shape index (κ1) is 13.2. The quantitative estimate of drug-likeness (QED) is 0.571. The highest BCUT2D eigenvalue weighted by atomic mass is 35.5. The number of nitrogens with zero attached hydrogens (tertiary/aromatic N) is 6. The van der Waals surface area contributed by atoms with Gasteiger partial charge >= 0.3 is 0 Å². The Balaban J connectivity index is 1.97. The minimum absolute atomic E-state index is 0.706. The zero-order chi connectivity index (χ0) is 15.3. The summed E-state index contributed by atoms with van der Waals surface area (Å²) in [5.41, 5.74) is 3.41. The van der Waals surface area contributed by atoms with Crippen LogP contribution in [0.5, 0.6) is 0 Å². The van der Waals surface area contributed by atoms with Crippen LogP contribution in [0.2, 0.25) is 5.02 Å². The van der Waals surface area contributed by atoms with Crippen LogP contribution in [-0.4, -0.2) is 29.4 Å². The van der Waals surface area contributed by atoms with Gasteiger partial charge in [0.05, 0.1) is 17.3 Å². The van der Waals surface area contributed by atoms with Gasteiger partial charge < -0.3 is 0 Å². The fourth-order valence-electron chi connectivity index (χ4n) is 2.42. The standard InChI is InChI=1S/C15H13ClN6/c1-3-13-19-15-11-7-18-22(14(11)17-8-21(15)20-13)10-5-4-9(2)12(16)6-10/h4-8H,3H2,1-2H3. The number of benzene rings is 1. The lowest BCUT2D eigenvalue weighted by Crippen LogP contribution is -1.99. The number of rotatable bonds is 2. The van der Waals surface area contributed by atoms with Gasteiger partial charge in [-0.05, 0) is 24.6 Å². The summed E-state index contributed by atoms with van der Waals surface area (Å²) >= 11 is 6.21. The van der Waals surface area contributed by atoms with Gasteiger partial charge in [-0.2, -0.15) is 5.10 Å². The Morgan fingerprint density at radius 1 is 1.23 bits per heavy atom. The molecule has 0 bridgehead atoms. The van der Waals surface area contributed by atoms with Crippen LogP contribution >= 0.6 is 11.6 Å². The molecule has 0 radical (unpaired) electrons. The Kier molecular flexibility index (Phi) is 2.87. The maximum atomic E-state index is 6.21. The Bertz CT molecular complexity index is 1000. The fraction of sp³-hybridized carbons (Fsp3) is 0.200. The van der Waals surface area contributed by atoms with Gasteiger partial charge in [0.25, 0.3) is 0 Å². The number of aromatic nitrogens is 6. The first-order valence-electron chi connectivity index (χ1n) is 7.02. The molecular weight excluding hydrogens is 300 g/mol. The van der Waals surface area contributed by atoms with E-state index in [2.05, 4.69) is 20.2 Å². The predicted molar refractivity (Wildman–Crippen MR) is 84.5 cm³/mol. The van der Waals surface area contributed by atoms with Crippen LogP contribution in [0.4, 0.5) is 0 Å². The first-order chi connectivity index (χ1) is 10.7. The average Bonchev–Trinajstić information content (AvgIpc) is 3.12. The van der Waals surface area contributed by atoms with Crippen LogP contribution < -0.4 is 0 Å². The van der Waals surface area contributed by atoms with Gasteiger partial charge in [0.15, 0.2) is 17.1 Å². The number of hydrogen-bond donors (Lipinski definition) is 0. The molecular formula is C15H13ClN6. The zero-order valence-corrected chi connectivity index (χ0v) is 12.9. The van der Waals surface area contributed by atoms with Gasteiger partial charge in [0.1, 0.15) is 6.33 Å². The molecule has 110 valence electrons. The van der Waals surface area contributed by atoms with E-state index in [0.29, 0.717) is 5.02 Å². The van der Waals surface area contributed by atoms with Gasteiger partial charge in [-0.3, -0.25) is 0 Å². The van der Waals surface area contributed by atoms with E-state index in [1.807, 2.05) is 32.0 Å². The molecule has 6 nitrogen and oxygen atoms in total. The molecule has 0 saturated heterocycles. The highest BCUT2D eigenvalue weighted by molar-refractivity contribution is 6.31. The second-order valence-corrected chi connectivity index (χ2v) is 5.53. The lowest BCUT2D eigenvalue weighted by molar-refractivity contribution is 0.859. The summed E-state index contributed by atoms with van der Waals surface area (Å²) in [6.07, 6.45) is 4.21. The molecule has 1 aromatic carbocycles. The number of aryl methyl sites for hydroxylation is 2. The molecule has 0 N–H and O–H groups in total. The van der Waals surface area contributed by atoms with Gasteiger partial charge in [0, 0.05) is 11.4 Å². The van der Waals surface area contributed by atoms with E-state index in [1.54, 1.807) is 21.7 Å². The van der Waals surface area contributed by atoms with Crippen LogP contribution in [0, 0.1) is 6.92 Å². The van der Waals surface area contributed by atoms with Crippen LogP contribution in [0.3, 0.4) is 0 Å². The fourth-order valence-corrected chi connectivity index (χ4v) is 2.59. The van der Waals surface area contributed by atoms with Gasteiger partial charge in [0.2, 0.25) is 0 Å². The van der Waals surface area contributed by atoms with E-state index in [9.17, 15) is 0 Å². The second kappa shape index (κ2) is 4.78. The van der Waals surface area contributed by atoms with Crippen molar-refractivity contribution in [3.05, 3.63) is 47.1 Å². The molecule has 0 atom stereocenters. The van der Waals surface area contributed by atoms with Crippen molar-refractivity contribution in [1.29, 1.82) is 0 Å². The Labute approximate surface area is 131 Å². The molecule has 0 unspecified atom stereocenters. The van der Waals surface area contributed by atoms with Crippen molar-refractivity contribution in [2.75, 3.05) is 0 Å². The molecule has 0 aliphatic rings. The molecule has 0 spiro atoms. The third-order valence-corrected chi connectivity index (χ3v) is 4.07. The topological polar surface area (TPSA) is 60.9 Å². The third kappa shape index (κ3) is 1.88. The minimum atomic E-state index is 0.706. The molecule has 7 heteroatoms. The molecule has 4 rings (SSSR count). The third-order valence-electron chi connectivity index (χ3n) is 3.67. The summed E-state index contributed by atoms with van der Waals surface area (Å²) < 4.78 is 3.45. The molecule has 3 heterocycles. The van der Waals surface area contributed by atoms with Crippen molar-refractivity contribution in [1.82, 2.24) is 29.4 Å². The van der Waals surface area contributed by atoms with E-state index in [4.69, 9.17) is 11.6 Å². The highest BCUT2D eigenvalue weighted by Crippen LogP contribution is 2.23. The van der Waals surface area contributed by atoms with Crippen molar-refractivity contribution in [2.24, 2.45) is 0 Å². The summed E-state index contributed by atoms with van der Waals surface area (Å²) in [6, 6.07) is 5.83. The Morgan fingerprint density at radius 2 is 2.09 bits per heavy atom. The van der Waals surface area contributed by atoms with Crippen molar-refractivity contribution in [3.63, 3.8) is 0 Å². The second-order valence-electron chi connectivity index (χ2n) is 5.12. The molecule has 0 fully saturated rings. The molecule has 0 aliphatic carbocycles. The monoisotopic (exact) mass is 312 g/mol. The normalized spacial score (nSPS) is 11.6. The van der Waals surface area contributed by atoms with E-state index in [0.717, 1.165) is 40.2 Å². The lowest BCUT2D eigenvalue weighted by atomic mass is 10.2. The van der Waals surface area contributed by atoms with Gasteiger partial charge in [-0.15, -0.1) is 5.10 Å². The number of hydrogen-bond acceptors (Lipinski definition) is 4. The molecule has 0 amide bonds. The van der Waals surface area contributed by atoms with Crippen LogP contribution in [0.1, 0.15) is 18.3 Å². The molecule has 0 aliphatic heterocycles. The van der Waals surface area contributed by atoms with E-state index < -0.39 is 0 Å². The van der Waals surface area contributed by atoms with Crippen LogP contribution in [0.25, 0.3) is 22.4 Å². The van der Waals surface area contributed by atoms with Crippen molar-refractivity contribution >= 4 is 28.3 Å².